The summed E-state index contributed by atoms with van der Waals surface area (Å²) in [5.41, 5.74) is 8.63. The van der Waals surface area contributed by atoms with E-state index in [-0.39, 0.29) is 0 Å². The van der Waals surface area contributed by atoms with E-state index in [0.29, 0.717) is 11.4 Å². The third-order valence-corrected chi connectivity index (χ3v) is 2.82. The van der Waals surface area contributed by atoms with Gasteiger partial charge in [-0.05, 0) is 74.2 Å². The van der Waals surface area contributed by atoms with E-state index in [1.807, 2.05) is 26.0 Å². The number of aryl methyl sites for hydroxylation is 2. The summed E-state index contributed by atoms with van der Waals surface area (Å²) in [6.45, 7) is 5.81. The minimum absolute atomic E-state index is 0.653. The van der Waals surface area contributed by atoms with Gasteiger partial charge in [-0.15, -0.1) is 0 Å². The zero-order valence-corrected chi connectivity index (χ0v) is 12.5. The lowest BCUT2D eigenvalue weighted by Gasteiger charge is -2.16. The fourth-order valence-electron chi connectivity index (χ4n) is 2.00. The van der Waals surface area contributed by atoms with Crippen molar-refractivity contribution in [2.24, 2.45) is 0 Å². The lowest BCUT2D eigenvalue weighted by Crippen LogP contribution is -2.22. The van der Waals surface area contributed by atoms with E-state index in [9.17, 15) is 0 Å². The van der Waals surface area contributed by atoms with Crippen LogP contribution in [0.3, 0.4) is 0 Å². The molecule has 0 heterocycles. The summed E-state index contributed by atoms with van der Waals surface area (Å²) in [4.78, 5) is 0. The van der Waals surface area contributed by atoms with Crippen LogP contribution in [-0.2, 0) is 0 Å². The first-order valence-corrected chi connectivity index (χ1v) is 6.76. The van der Waals surface area contributed by atoms with Gasteiger partial charge in [0.05, 0.1) is 0 Å². The summed E-state index contributed by atoms with van der Waals surface area (Å²) in [6.07, 6.45) is -0.653. The lowest BCUT2D eigenvalue weighted by molar-refractivity contribution is 0.0555. The van der Waals surface area contributed by atoms with Crippen LogP contribution in [0.5, 0.6) is 11.5 Å². The predicted molar refractivity (Wildman–Crippen MR) is 85.3 cm³/mol. The molecule has 1 atom stereocenters. The molecule has 0 aliphatic heterocycles. The van der Waals surface area contributed by atoms with Crippen LogP contribution < -0.4 is 15.2 Å². The zero-order chi connectivity index (χ0) is 15.2. The van der Waals surface area contributed by atoms with Gasteiger partial charge in [-0.2, -0.15) is 0 Å². The Balaban J connectivity index is 2.14. The van der Waals surface area contributed by atoms with E-state index >= 15 is 0 Å². The SMILES string of the molecule is CC#CC(Oc1ccc(N)cc1)Oc1cc(C)cc(C)c1. The Morgan fingerprint density at radius 1 is 0.905 bits per heavy atom. The number of nitrogens with two attached hydrogens (primary N) is 1. The van der Waals surface area contributed by atoms with E-state index in [4.69, 9.17) is 15.2 Å². The van der Waals surface area contributed by atoms with Gasteiger partial charge in [-0.3, -0.25) is 0 Å². The smallest absolute Gasteiger partial charge is 0.306 e. The topological polar surface area (TPSA) is 44.5 Å². The maximum Gasteiger partial charge on any atom is 0.306 e. The van der Waals surface area contributed by atoms with Crippen LogP contribution in [0.1, 0.15) is 18.1 Å². The maximum atomic E-state index is 5.82. The molecule has 0 bridgehead atoms. The highest BCUT2D eigenvalue weighted by atomic mass is 16.7. The Kier molecular flexibility index (Phi) is 4.73. The van der Waals surface area contributed by atoms with Crippen molar-refractivity contribution in [1.29, 1.82) is 0 Å². The van der Waals surface area contributed by atoms with E-state index in [1.165, 1.54) is 0 Å². The van der Waals surface area contributed by atoms with Crippen molar-refractivity contribution < 1.29 is 9.47 Å². The molecule has 0 radical (unpaired) electrons. The van der Waals surface area contributed by atoms with Gasteiger partial charge in [0, 0.05) is 5.69 Å². The van der Waals surface area contributed by atoms with Crippen molar-refractivity contribution in [1.82, 2.24) is 0 Å². The highest BCUT2D eigenvalue weighted by Crippen LogP contribution is 2.20. The van der Waals surface area contributed by atoms with Gasteiger partial charge >= 0.3 is 6.29 Å². The average molecular weight is 281 g/mol. The maximum absolute atomic E-state index is 5.82. The molecule has 21 heavy (non-hydrogen) atoms. The Hall–Kier alpha value is -2.60. The number of ether oxygens (including phenoxy) is 2. The van der Waals surface area contributed by atoms with Crippen LogP contribution in [0, 0.1) is 25.7 Å². The Morgan fingerprint density at radius 3 is 2.05 bits per heavy atom. The minimum atomic E-state index is -0.653. The van der Waals surface area contributed by atoms with Crippen molar-refractivity contribution in [3.8, 4) is 23.3 Å². The van der Waals surface area contributed by atoms with Crippen molar-refractivity contribution >= 4 is 5.69 Å². The van der Waals surface area contributed by atoms with Gasteiger partial charge < -0.3 is 15.2 Å². The summed E-state index contributed by atoms with van der Waals surface area (Å²) >= 11 is 0. The van der Waals surface area contributed by atoms with Gasteiger partial charge in [-0.25, -0.2) is 0 Å². The van der Waals surface area contributed by atoms with E-state index in [1.54, 1.807) is 31.2 Å². The second-order valence-electron chi connectivity index (χ2n) is 4.85. The molecule has 0 saturated carbocycles. The summed E-state index contributed by atoms with van der Waals surface area (Å²) in [5.74, 6) is 7.15. The molecule has 2 aromatic carbocycles. The van der Waals surface area contributed by atoms with Crippen LogP contribution in [0.2, 0.25) is 0 Å². The molecule has 108 valence electrons. The average Bonchev–Trinajstić information content (AvgIpc) is 2.40. The number of rotatable bonds is 4. The van der Waals surface area contributed by atoms with Crippen LogP contribution in [0.15, 0.2) is 42.5 Å². The van der Waals surface area contributed by atoms with E-state index in [2.05, 4.69) is 17.9 Å². The fourth-order valence-corrected chi connectivity index (χ4v) is 2.00. The van der Waals surface area contributed by atoms with Crippen LogP contribution in [-0.4, -0.2) is 6.29 Å². The minimum Gasteiger partial charge on any atom is -0.444 e. The normalized spacial score (nSPS) is 11.2. The molecule has 0 fully saturated rings. The van der Waals surface area contributed by atoms with Crippen LogP contribution in [0.25, 0.3) is 0 Å². The molecule has 0 saturated heterocycles. The van der Waals surface area contributed by atoms with Crippen molar-refractivity contribution in [3.05, 3.63) is 53.6 Å². The fraction of sp³-hybridized carbons (Fsp3) is 0.222. The summed E-state index contributed by atoms with van der Waals surface area (Å²) in [5, 5.41) is 0. The lowest BCUT2D eigenvalue weighted by atomic mass is 10.1. The second kappa shape index (κ2) is 6.71. The molecule has 0 spiro atoms. The first-order valence-electron chi connectivity index (χ1n) is 6.76. The summed E-state index contributed by atoms with van der Waals surface area (Å²) < 4.78 is 11.6. The van der Waals surface area contributed by atoms with Crippen molar-refractivity contribution in [2.45, 2.75) is 27.1 Å². The molecule has 3 heteroatoms. The van der Waals surface area contributed by atoms with Gasteiger partial charge in [-0.1, -0.05) is 12.0 Å². The Bertz CT molecular complexity index is 646. The first kappa shape index (κ1) is 14.8. The Morgan fingerprint density at radius 2 is 1.48 bits per heavy atom. The third kappa shape index (κ3) is 4.47. The molecule has 2 rings (SSSR count). The molecular formula is C18H19NO2. The summed E-state index contributed by atoms with van der Waals surface area (Å²) in [7, 11) is 0. The van der Waals surface area contributed by atoms with Gasteiger partial charge in [0.2, 0.25) is 0 Å². The monoisotopic (exact) mass is 281 g/mol. The van der Waals surface area contributed by atoms with Gasteiger partial charge in [0.15, 0.2) is 0 Å². The van der Waals surface area contributed by atoms with Crippen LogP contribution >= 0.6 is 0 Å². The van der Waals surface area contributed by atoms with Gasteiger partial charge in [0.25, 0.3) is 0 Å². The van der Waals surface area contributed by atoms with E-state index in [0.717, 1.165) is 16.9 Å². The largest absolute Gasteiger partial charge is 0.444 e. The molecule has 0 aliphatic carbocycles. The number of nitrogen functional groups attached to an aromatic ring is 1. The Labute approximate surface area is 125 Å². The second-order valence-corrected chi connectivity index (χ2v) is 4.85. The van der Waals surface area contributed by atoms with Crippen molar-refractivity contribution in [3.63, 3.8) is 0 Å². The molecule has 1 unspecified atom stereocenters. The predicted octanol–water partition coefficient (Wildman–Crippen LogP) is 3.69. The number of hydrogen-bond acceptors (Lipinski definition) is 3. The summed E-state index contributed by atoms with van der Waals surface area (Å²) in [6, 6.07) is 13.2. The zero-order valence-electron chi connectivity index (χ0n) is 12.5. The van der Waals surface area contributed by atoms with Crippen molar-refractivity contribution in [2.75, 3.05) is 5.73 Å². The third-order valence-electron chi connectivity index (χ3n) is 2.82. The van der Waals surface area contributed by atoms with Crippen LogP contribution in [0.4, 0.5) is 5.69 Å². The number of anilines is 1. The molecule has 2 N–H and O–H groups in total. The molecular weight excluding hydrogens is 262 g/mol. The molecule has 0 amide bonds. The van der Waals surface area contributed by atoms with E-state index < -0.39 is 6.29 Å². The van der Waals surface area contributed by atoms with Gasteiger partial charge in [0.1, 0.15) is 11.5 Å². The highest BCUT2D eigenvalue weighted by Gasteiger charge is 2.09. The number of benzene rings is 2. The molecule has 2 aromatic rings. The standard InChI is InChI=1S/C18H19NO2/c1-4-5-18(20-16-8-6-15(19)7-9-16)21-17-11-13(2)10-14(3)12-17/h6-12,18H,19H2,1-3H3. The quantitative estimate of drug-likeness (QED) is 0.528. The highest BCUT2D eigenvalue weighted by molar-refractivity contribution is 5.41. The molecule has 0 aromatic heterocycles. The molecule has 3 nitrogen and oxygen atoms in total. The first-order chi connectivity index (χ1) is 10.1. The molecule has 0 aliphatic rings. The number of hydrogen-bond donors (Lipinski definition) is 1.